The maximum atomic E-state index is 13.1. The fourth-order valence-corrected chi connectivity index (χ4v) is 3.43. The molecular formula is C21H35N5O2. The number of likely N-dealkylation sites (N-methyl/N-ethyl adjacent to an activating group) is 1. The number of hydrogen-bond acceptors (Lipinski definition) is 4. The second-order valence-electron chi connectivity index (χ2n) is 8.59. The Labute approximate surface area is 168 Å². The van der Waals surface area contributed by atoms with Crippen LogP contribution >= 0.6 is 0 Å². The van der Waals surface area contributed by atoms with E-state index in [2.05, 4.69) is 45.1 Å². The molecule has 1 atom stereocenters. The van der Waals surface area contributed by atoms with Gasteiger partial charge in [-0.1, -0.05) is 40.2 Å². The number of nitrogens with one attached hydrogen (secondary N) is 2. The number of carbonyl (C=O) groups excluding carboxylic acids is 2. The number of aromatic nitrogens is 2. The summed E-state index contributed by atoms with van der Waals surface area (Å²) in [5, 5.41) is 5.57. The molecule has 2 heterocycles. The highest BCUT2D eigenvalue weighted by molar-refractivity contribution is 5.97. The van der Waals surface area contributed by atoms with E-state index >= 15 is 0 Å². The molecule has 0 radical (unpaired) electrons. The maximum absolute atomic E-state index is 13.1. The van der Waals surface area contributed by atoms with Crippen molar-refractivity contribution in [1.82, 2.24) is 25.1 Å². The number of nitrogens with zero attached hydrogens (tertiary/aromatic N) is 3. The standard InChI is InChI=1S/C21H35N5O2/c1-7-8-9-11-16-23-17(15-14-25(6)12-10-13-26(15)16)19(27)24-18(20(28)22-5)21(2,3)4/h9,11,18H,7-8,10,12-14H2,1-6H3,(H,22,28)(H,24,27)/t18-/m1/s1. The first-order valence-corrected chi connectivity index (χ1v) is 10.2. The summed E-state index contributed by atoms with van der Waals surface area (Å²) in [7, 11) is 3.64. The van der Waals surface area contributed by atoms with Gasteiger partial charge in [-0.2, -0.15) is 0 Å². The van der Waals surface area contributed by atoms with Crippen molar-refractivity contribution in [3.05, 3.63) is 23.3 Å². The zero-order valence-corrected chi connectivity index (χ0v) is 18.1. The van der Waals surface area contributed by atoms with Gasteiger partial charge in [-0.25, -0.2) is 4.98 Å². The number of imidazole rings is 1. The molecule has 0 aliphatic carbocycles. The van der Waals surface area contributed by atoms with Crippen molar-refractivity contribution in [1.29, 1.82) is 0 Å². The average molecular weight is 390 g/mol. The molecule has 0 aromatic carbocycles. The first-order valence-electron chi connectivity index (χ1n) is 10.2. The zero-order chi connectivity index (χ0) is 20.9. The van der Waals surface area contributed by atoms with E-state index < -0.39 is 11.5 Å². The summed E-state index contributed by atoms with van der Waals surface area (Å²) >= 11 is 0. The molecule has 0 spiro atoms. The predicted molar refractivity (Wildman–Crippen MR) is 112 cm³/mol. The molecule has 156 valence electrons. The molecule has 2 N–H and O–H groups in total. The lowest BCUT2D eigenvalue weighted by Crippen LogP contribution is -2.53. The number of unbranched alkanes of at least 4 members (excludes halogenated alkanes) is 1. The van der Waals surface area contributed by atoms with Gasteiger partial charge >= 0.3 is 0 Å². The van der Waals surface area contributed by atoms with Crippen molar-refractivity contribution in [3.8, 4) is 0 Å². The van der Waals surface area contributed by atoms with E-state index in [1.807, 2.05) is 26.8 Å². The predicted octanol–water partition coefficient (Wildman–Crippen LogP) is 2.42. The van der Waals surface area contributed by atoms with E-state index in [4.69, 9.17) is 0 Å². The molecule has 7 nitrogen and oxygen atoms in total. The number of amides is 2. The van der Waals surface area contributed by atoms with Gasteiger partial charge in [0.05, 0.1) is 5.69 Å². The molecule has 1 aliphatic heterocycles. The third kappa shape index (κ3) is 5.22. The van der Waals surface area contributed by atoms with Crippen LogP contribution in [0.2, 0.25) is 0 Å². The number of allylic oxidation sites excluding steroid dienone is 1. The van der Waals surface area contributed by atoms with Crippen molar-refractivity contribution < 1.29 is 9.59 Å². The summed E-state index contributed by atoms with van der Waals surface area (Å²) in [5.74, 6) is 0.320. The van der Waals surface area contributed by atoms with Gasteiger partial charge in [0.15, 0.2) is 5.69 Å². The number of fused-ring (bicyclic) bond motifs is 1. The highest BCUT2D eigenvalue weighted by Gasteiger charge is 2.34. The van der Waals surface area contributed by atoms with Crippen LogP contribution < -0.4 is 10.6 Å². The van der Waals surface area contributed by atoms with E-state index in [9.17, 15) is 9.59 Å². The summed E-state index contributed by atoms with van der Waals surface area (Å²) in [6, 6.07) is -0.634. The Bertz CT molecular complexity index is 730. The van der Waals surface area contributed by atoms with Crippen LogP contribution in [0.25, 0.3) is 6.08 Å². The Kier molecular flexibility index (Phi) is 7.41. The second-order valence-corrected chi connectivity index (χ2v) is 8.59. The largest absolute Gasteiger partial charge is 0.357 e. The first-order chi connectivity index (χ1) is 13.2. The monoisotopic (exact) mass is 389 g/mol. The zero-order valence-electron chi connectivity index (χ0n) is 18.1. The molecule has 28 heavy (non-hydrogen) atoms. The number of carbonyl (C=O) groups is 2. The van der Waals surface area contributed by atoms with E-state index in [0.717, 1.165) is 43.9 Å². The minimum atomic E-state index is -0.634. The third-order valence-electron chi connectivity index (χ3n) is 5.03. The van der Waals surface area contributed by atoms with E-state index in [-0.39, 0.29) is 11.8 Å². The lowest BCUT2D eigenvalue weighted by Gasteiger charge is -2.29. The van der Waals surface area contributed by atoms with E-state index in [1.54, 1.807) is 7.05 Å². The molecule has 1 aliphatic rings. The van der Waals surface area contributed by atoms with Crippen molar-refractivity contribution in [2.75, 3.05) is 20.6 Å². The van der Waals surface area contributed by atoms with Crippen molar-refractivity contribution >= 4 is 17.9 Å². The van der Waals surface area contributed by atoms with Gasteiger partial charge in [0.25, 0.3) is 5.91 Å². The molecule has 0 unspecified atom stereocenters. The maximum Gasteiger partial charge on any atom is 0.272 e. The lowest BCUT2D eigenvalue weighted by molar-refractivity contribution is -0.124. The number of rotatable bonds is 6. The molecule has 0 fully saturated rings. The van der Waals surface area contributed by atoms with Crippen LogP contribution in [0.15, 0.2) is 6.08 Å². The van der Waals surface area contributed by atoms with Crippen LogP contribution in [0, 0.1) is 5.41 Å². The van der Waals surface area contributed by atoms with Gasteiger partial charge in [-0.05, 0) is 37.9 Å². The minimum Gasteiger partial charge on any atom is -0.357 e. The van der Waals surface area contributed by atoms with Crippen molar-refractivity contribution in [2.45, 2.75) is 66.1 Å². The van der Waals surface area contributed by atoms with Crippen LogP contribution in [-0.4, -0.2) is 52.9 Å². The lowest BCUT2D eigenvalue weighted by atomic mass is 9.86. The van der Waals surface area contributed by atoms with Crippen LogP contribution in [-0.2, 0) is 17.9 Å². The Balaban J connectivity index is 2.40. The molecule has 0 saturated carbocycles. The molecule has 2 rings (SSSR count). The molecular weight excluding hydrogens is 354 g/mol. The average Bonchev–Trinajstić information content (AvgIpc) is 2.83. The smallest absolute Gasteiger partial charge is 0.272 e. The van der Waals surface area contributed by atoms with Crippen molar-refractivity contribution in [2.24, 2.45) is 5.41 Å². The minimum absolute atomic E-state index is 0.202. The van der Waals surface area contributed by atoms with Crippen LogP contribution in [0.5, 0.6) is 0 Å². The summed E-state index contributed by atoms with van der Waals surface area (Å²) in [4.78, 5) is 32.3. The summed E-state index contributed by atoms with van der Waals surface area (Å²) in [6.07, 6.45) is 7.17. The second kappa shape index (κ2) is 9.37. The fraction of sp³-hybridized carbons (Fsp3) is 0.667. The molecule has 0 saturated heterocycles. The van der Waals surface area contributed by atoms with Crippen LogP contribution in [0.3, 0.4) is 0 Å². The fourth-order valence-electron chi connectivity index (χ4n) is 3.43. The Hall–Kier alpha value is -2.15. The van der Waals surface area contributed by atoms with Crippen molar-refractivity contribution in [3.63, 3.8) is 0 Å². The molecule has 0 bridgehead atoms. The van der Waals surface area contributed by atoms with E-state index in [0.29, 0.717) is 12.2 Å². The quantitative estimate of drug-likeness (QED) is 0.783. The van der Waals surface area contributed by atoms with Gasteiger partial charge in [0.2, 0.25) is 5.91 Å². The normalized spacial score (nSPS) is 16.5. The summed E-state index contributed by atoms with van der Waals surface area (Å²) in [5.41, 5.74) is 0.925. The first kappa shape index (κ1) is 22.1. The topological polar surface area (TPSA) is 79.3 Å². The van der Waals surface area contributed by atoms with Crippen LogP contribution in [0.1, 0.15) is 69.0 Å². The SMILES string of the molecule is CCCC=Cc1nc(C(=O)N[C@H](C(=O)NC)C(C)(C)C)c2n1CCCN(C)C2. The van der Waals surface area contributed by atoms with Gasteiger partial charge in [0, 0.05) is 20.1 Å². The van der Waals surface area contributed by atoms with Gasteiger partial charge in [-0.3, -0.25) is 9.59 Å². The Morgan fingerprint density at radius 1 is 1.29 bits per heavy atom. The Morgan fingerprint density at radius 2 is 2.00 bits per heavy atom. The van der Waals surface area contributed by atoms with Crippen LogP contribution in [0.4, 0.5) is 0 Å². The van der Waals surface area contributed by atoms with Gasteiger partial charge in [0.1, 0.15) is 11.9 Å². The molecule has 1 aromatic rings. The summed E-state index contributed by atoms with van der Waals surface area (Å²) in [6.45, 7) is 10.4. The highest BCUT2D eigenvalue weighted by Crippen LogP contribution is 2.23. The van der Waals surface area contributed by atoms with Gasteiger partial charge < -0.3 is 20.1 Å². The number of hydrogen-bond donors (Lipinski definition) is 2. The van der Waals surface area contributed by atoms with E-state index in [1.165, 1.54) is 0 Å². The molecule has 7 heteroatoms. The summed E-state index contributed by atoms with van der Waals surface area (Å²) < 4.78 is 2.15. The highest BCUT2D eigenvalue weighted by atomic mass is 16.2. The third-order valence-corrected chi connectivity index (χ3v) is 5.03. The Morgan fingerprint density at radius 3 is 2.61 bits per heavy atom. The molecule has 2 amide bonds. The van der Waals surface area contributed by atoms with Gasteiger partial charge in [-0.15, -0.1) is 0 Å². The molecule has 1 aromatic heterocycles.